The number of pyridine rings is 1. The molecule has 6 rings (SSSR count). The Labute approximate surface area is 187 Å². The SMILES string of the molecule is CC(C)(C)c1ccc(-c2nccc3cc4sc5cc6c(cc5c4cc23)CCCC6)cc1. The average Bonchev–Trinajstić information content (AvgIpc) is 3.11. The first-order valence-electron chi connectivity index (χ1n) is 11.3. The molecule has 0 unspecified atom stereocenters. The van der Waals surface area contributed by atoms with Gasteiger partial charge >= 0.3 is 0 Å². The molecule has 2 aromatic heterocycles. The molecule has 1 aliphatic carbocycles. The normalized spacial score (nSPS) is 14.4. The van der Waals surface area contributed by atoms with E-state index in [1.54, 1.807) is 11.1 Å². The summed E-state index contributed by atoms with van der Waals surface area (Å²) in [7, 11) is 0. The highest BCUT2D eigenvalue weighted by Gasteiger charge is 2.16. The van der Waals surface area contributed by atoms with Gasteiger partial charge in [-0.25, -0.2) is 0 Å². The minimum absolute atomic E-state index is 0.158. The van der Waals surface area contributed by atoms with E-state index in [2.05, 4.69) is 75.4 Å². The van der Waals surface area contributed by atoms with Crippen molar-refractivity contribution >= 4 is 42.3 Å². The fraction of sp³-hybridized carbons (Fsp3) is 0.276. The van der Waals surface area contributed by atoms with Crippen molar-refractivity contribution in [1.82, 2.24) is 4.98 Å². The second-order valence-electron chi connectivity index (χ2n) is 9.98. The number of nitrogens with zero attached hydrogens (tertiary/aromatic N) is 1. The van der Waals surface area contributed by atoms with E-state index in [0.29, 0.717) is 0 Å². The van der Waals surface area contributed by atoms with Gasteiger partial charge in [0, 0.05) is 37.3 Å². The molecule has 3 aromatic carbocycles. The Balaban J connectivity index is 1.57. The van der Waals surface area contributed by atoms with E-state index in [4.69, 9.17) is 4.98 Å². The summed E-state index contributed by atoms with van der Waals surface area (Å²) >= 11 is 1.94. The molecule has 0 atom stereocenters. The van der Waals surface area contributed by atoms with Crippen LogP contribution < -0.4 is 0 Å². The number of rotatable bonds is 1. The van der Waals surface area contributed by atoms with Crippen LogP contribution in [0.15, 0.2) is 60.8 Å². The van der Waals surface area contributed by atoms with Crippen LogP contribution in [0, 0.1) is 0 Å². The van der Waals surface area contributed by atoms with Crippen molar-refractivity contribution in [3.8, 4) is 11.3 Å². The molecule has 1 aliphatic rings. The van der Waals surface area contributed by atoms with Gasteiger partial charge in [0.25, 0.3) is 0 Å². The standard InChI is InChI=1S/C29H27NS/c1-29(2,3)22-10-8-18(9-11-22)28-23-17-25-24-14-19-6-4-5-7-20(19)15-26(24)31-27(25)16-21(23)12-13-30-28/h8-17H,4-7H2,1-3H3. The average molecular weight is 422 g/mol. The molecule has 1 nitrogen and oxygen atoms in total. The van der Waals surface area contributed by atoms with E-state index >= 15 is 0 Å². The second-order valence-corrected chi connectivity index (χ2v) is 11.1. The van der Waals surface area contributed by atoms with Crippen molar-refractivity contribution in [2.24, 2.45) is 0 Å². The third-order valence-corrected chi connectivity index (χ3v) is 7.96. The van der Waals surface area contributed by atoms with Gasteiger partial charge in [0.1, 0.15) is 0 Å². The van der Waals surface area contributed by atoms with Gasteiger partial charge in [-0.05, 0) is 83.5 Å². The first-order valence-corrected chi connectivity index (χ1v) is 12.2. The molecule has 0 aliphatic heterocycles. The quantitative estimate of drug-likeness (QED) is 0.264. The summed E-state index contributed by atoms with van der Waals surface area (Å²) < 4.78 is 2.81. The van der Waals surface area contributed by atoms with Crippen LogP contribution in [0.1, 0.15) is 50.3 Å². The fourth-order valence-electron chi connectivity index (χ4n) is 5.03. The minimum Gasteiger partial charge on any atom is -0.256 e. The Hall–Kier alpha value is -2.71. The highest BCUT2D eigenvalue weighted by Crippen LogP contribution is 2.40. The van der Waals surface area contributed by atoms with Crippen molar-refractivity contribution in [2.75, 3.05) is 0 Å². The van der Waals surface area contributed by atoms with Gasteiger partial charge in [0.05, 0.1) is 5.69 Å². The summed E-state index contributed by atoms with van der Waals surface area (Å²) in [5.74, 6) is 0. The Bertz CT molecular complexity index is 1450. The second kappa shape index (κ2) is 6.90. The number of aryl methyl sites for hydroxylation is 2. The zero-order valence-corrected chi connectivity index (χ0v) is 19.3. The van der Waals surface area contributed by atoms with Crippen LogP contribution in [0.5, 0.6) is 0 Å². The van der Waals surface area contributed by atoms with Crippen LogP contribution in [-0.2, 0) is 18.3 Å². The van der Waals surface area contributed by atoms with Crippen LogP contribution in [0.2, 0.25) is 0 Å². The zero-order valence-electron chi connectivity index (χ0n) is 18.5. The van der Waals surface area contributed by atoms with E-state index in [0.717, 1.165) is 5.69 Å². The molecular formula is C29H27NS. The van der Waals surface area contributed by atoms with Gasteiger partial charge in [0.2, 0.25) is 0 Å². The highest BCUT2D eigenvalue weighted by atomic mass is 32.1. The molecule has 31 heavy (non-hydrogen) atoms. The molecule has 2 heterocycles. The van der Waals surface area contributed by atoms with Crippen LogP contribution in [0.4, 0.5) is 0 Å². The van der Waals surface area contributed by atoms with Crippen LogP contribution in [0.3, 0.4) is 0 Å². The minimum atomic E-state index is 0.158. The topological polar surface area (TPSA) is 12.9 Å². The summed E-state index contributed by atoms with van der Waals surface area (Å²) in [6.45, 7) is 6.78. The van der Waals surface area contributed by atoms with E-state index in [1.807, 2.05) is 17.5 Å². The molecule has 0 saturated carbocycles. The maximum absolute atomic E-state index is 4.81. The van der Waals surface area contributed by atoms with Gasteiger partial charge in [-0.2, -0.15) is 0 Å². The predicted molar refractivity (Wildman–Crippen MR) is 135 cm³/mol. The van der Waals surface area contributed by atoms with Crippen molar-refractivity contribution in [2.45, 2.75) is 51.9 Å². The molecule has 0 bridgehead atoms. The number of aromatic nitrogens is 1. The van der Waals surface area contributed by atoms with Crippen LogP contribution in [-0.4, -0.2) is 4.98 Å². The number of thiophene rings is 1. The molecule has 0 fully saturated rings. The number of fused-ring (bicyclic) bond motifs is 5. The number of hydrogen-bond donors (Lipinski definition) is 0. The van der Waals surface area contributed by atoms with E-state index < -0.39 is 0 Å². The first kappa shape index (κ1) is 19.0. The summed E-state index contributed by atoms with van der Waals surface area (Å²) in [5, 5.41) is 5.31. The molecule has 2 heteroatoms. The first-order chi connectivity index (χ1) is 15.0. The number of hydrogen-bond acceptors (Lipinski definition) is 2. The van der Waals surface area contributed by atoms with Crippen LogP contribution >= 0.6 is 11.3 Å². The molecule has 5 aromatic rings. The number of benzene rings is 3. The predicted octanol–water partition coefficient (Wildman–Crippen LogP) is 8.45. The summed E-state index contributed by atoms with van der Waals surface area (Å²) in [5.41, 5.74) is 6.91. The Morgan fingerprint density at radius 1 is 0.742 bits per heavy atom. The Morgan fingerprint density at radius 2 is 1.42 bits per heavy atom. The van der Waals surface area contributed by atoms with E-state index in [9.17, 15) is 0 Å². The zero-order chi connectivity index (χ0) is 21.2. The summed E-state index contributed by atoms with van der Waals surface area (Å²) in [6, 6.07) is 20.8. The smallest absolute Gasteiger partial charge is 0.0780 e. The lowest BCUT2D eigenvalue weighted by atomic mass is 9.86. The van der Waals surface area contributed by atoms with E-state index in [1.165, 1.54) is 67.8 Å². The van der Waals surface area contributed by atoms with Gasteiger partial charge in [-0.15, -0.1) is 11.3 Å². The van der Waals surface area contributed by atoms with Gasteiger partial charge in [-0.1, -0.05) is 45.0 Å². The van der Waals surface area contributed by atoms with Crippen molar-refractivity contribution in [3.05, 3.63) is 77.5 Å². The maximum Gasteiger partial charge on any atom is 0.0780 e. The molecule has 0 spiro atoms. The largest absolute Gasteiger partial charge is 0.256 e. The van der Waals surface area contributed by atoms with E-state index in [-0.39, 0.29) is 5.41 Å². The third-order valence-electron chi connectivity index (χ3n) is 6.84. The molecule has 0 saturated heterocycles. The van der Waals surface area contributed by atoms with Gasteiger partial charge in [-0.3, -0.25) is 4.98 Å². The maximum atomic E-state index is 4.81. The van der Waals surface area contributed by atoms with Crippen molar-refractivity contribution in [3.63, 3.8) is 0 Å². The lowest BCUT2D eigenvalue weighted by Gasteiger charge is -2.19. The monoisotopic (exact) mass is 421 g/mol. The highest BCUT2D eigenvalue weighted by molar-refractivity contribution is 7.25. The summed E-state index contributed by atoms with van der Waals surface area (Å²) in [4.78, 5) is 4.81. The van der Waals surface area contributed by atoms with Gasteiger partial charge in [0.15, 0.2) is 0 Å². The molecule has 0 N–H and O–H groups in total. The third kappa shape index (κ3) is 3.16. The summed E-state index contributed by atoms with van der Waals surface area (Å²) in [6.07, 6.45) is 7.06. The Morgan fingerprint density at radius 3 is 2.16 bits per heavy atom. The molecule has 0 amide bonds. The Kier molecular flexibility index (Phi) is 4.23. The molecule has 0 radical (unpaired) electrons. The lowest BCUT2D eigenvalue weighted by Crippen LogP contribution is -2.10. The molecule has 154 valence electrons. The fourth-order valence-corrected chi connectivity index (χ4v) is 6.21. The molecular weight excluding hydrogens is 394 g/mol. The van der Waals surface area contributed by atoms with Crippen LogP contribution in [0.25, 0.3) is 42.2 Å². The van der Waals surface area contributed by atoms with Crippen molar-refractivity contribution in [1.29, 1.82) is 0 Å². The van der Waals surface area contributed by atoms with Gasteiger partial charge < -0.3 is 0 Å². The van der Waals surface area contributed by atoms with Crippen molar-refractivity contribution < 1.29 is 0 Å². The lowest BCUT2D eigenvalue weighted by molar-refractivity contribution is 0.590.